The van der Waals surface area contributed by atoms with E-state index in [-0.39, 0.29) is 0 Å². The fourth-order valence-electron chi connectivity index (χ4n) is 1.49. The molecule has 0 fully saturated rings. The summed E-state index contributed by atoms with van der Waals surface area (Å²) < 4.78 is 0.898. The number of nitrogens with zero attached hydrogens (tertiary/aromatic N) is 2. The van der Waals surface area contributed by atoms with Crippen molar-refractivity contribution in [2.75, 3.05) is 5.73 Å². The first-order valence-corrected chi connectivity index (χ1v) is 6.36. The van der Waals surface area contributed by atoms with E-state index in [0.29, 0.717) is 16.7 Å². The second-order valence-corrected chi connectivity index (χ2v) is 4.88. The van der Waals surface area contributed by atoms with Crippen LogP contribution in [0, 0.1) is 0 Å². The lowest BCUT2D eigenvalue weighted by atomic mass is 10.2. The second-order valence-electron chi connectivity index (χ2n) is 3.59. The molecule has 0 unspecified atom stereocenters. The molecular formula is C12H11BrClN3. The molecular weight excluding hydrogens is 302 g/mol. The highest BCUT2D eigenvalue weighted by Gasteiger charge is 2.09. The maximum Gasteiger partial charge on any atom is 0.162 e. The lowest BCUT2D eigenvalue weighted by Crippen LogP contribution is -2.00. The number of hydrogen-bond acceptors (Lipinski definition) is 3. The smallest absolute Gasteiger partial charge is 0.162 e. The van der Waals surface area contributed by atoms with Gasteiger partial charge in [-0.3, -0.25) is 0 Å². The number of nitrogen functional groups attached to an aromatic ring is 1. The first-order valence-electron chi connectivity index (χ1n) is 5.19. The molecule has 1 aromatic carbocycles. The number of anilines is 1. The molecule has 0 spiro atoms. The average Bonchev–Trinajstić information content (AvgIpc) is 2.31. The average molecular weight is 313 g/mol. The SMILES string of the molecule is CCc1cc(N)nc(-c2cc(Cl)ccc2Br)n1. The van der Waals surface area contributed by atoms with Crippen LogP contribution in [0.2, 0.25) is 5.02 Å². The Hall–Kier alpha value is -1.13. The van der Waals surface area contributed by atoms with Gasteiger partial charge < -0.3 is 5.73 Å². The maximum atomic E-state index is 5.97. The quantitative estimate of drug-likeness (QED) is 0.920. The summed E-state index contributed by atoms with van der Waals surface area (Å²) in [5.74, 6) is 1.06. The lowest BCUT2D eigenvalue weighted by Gasteiger charge is -2.06. The van der Waals surface area contributed by atoms with Crippen molar-refractivity contribution in [2.45, 2.75) is 13.3 Å². The van der Waals surface area contributed by atoms with Crippen LogP contribution in [0.15, 0.2) is 28.7 Å². The van der Waals surface area contributed by atoms with Gasteiger partial charge in [0.25, 0.3) is 0 Å². The summed E-state index contributed by atoms with van der Waals surface area (Å²) in [6.45, 7) is 2.03. The minimum absolute atomic E-state index is 0.471. The van der Waals surface area contributed by atoms with Crippen molar-refractivity contribution in [3.8, 4) is 11.4 Å². The number of benzene rings is 1. The van der Waals surface area contributed by atoms with Crippen molar-refractivity contribution >= 4 is 33.3 Å². The molecule has 0 amide bonds. The zero-order valence-electron chi connectivity index (χ0n) is 9.24. The number of rotatable bonds is 2. The Morgan fingerprint density at radius 2 is 2.06 bits per heavy atom. The Morgan fingerprint density at radius 3 is 2.76 bits per heavy atom. The molecule has 0 aliphatic heterocycles. The topological polar surface area (TPSA) is 51.8 Å². The fraction of sp³-hybridized carbons (Fsp3) is 0.167. The van der Waals surface area contributed by atoms with Crippen molar-refractivity contribution in [1.82, 2.24) is 9.97 Å². The van der Waals surface area contributed by atoms with E-state index in [1.807, 2.05) is 25.1 Å². The van der Waals surface area contributed by atoms with Gasteiger partial charge in [0, 0.05) is 26.8 Å². The predicted octanol–water partition coefficient (Wildman–Crippen LogP) is 3.70. The minimum atomic E-state index is 0.471. The number of hydrogen-bond donors (Lipinski definition) is 1. The van der Waals surface area contributed by atoms with Crippen LogP contribution in [-0.2, 0) is 6.42 Å². The molecule has 0 saturated heterocycles. The monoisotopic (exact) mass is 311 g/mol. The van der Waals surface area contributed by atoms with Gasteiger partial charge in [0.15, 0.2) is 5.82 Å². The van der Waals surface area contributed by atoms with Crippen LogP contribution in [0.5, 0.6) is 0 Å². The summed E-state index contributed by atoms with van der Waals surface area (Å²) in [5, 5.41) is 0.646. The molecule has 0 aliphatic rings. The van der Waals surface area contributed by atoms with Gasteiger partial charge in [0.1, 0.15) is 5.82 Å². The van der Waals surface area contributed by atoms with Crippen molar-refractivity contribution in [1.29, 1.82) is 0 Å². The summed E-state index contributed by atoms with van der Waals surface area (Å²) in [7, 11) is 0. The molecule has 5 heteroatoms. The normalized spacial score (nSPS) is 10.5. The van der Waals surface area contributed by atoms with Crippen molar-refractivity contribution < 1.29 is 0 Å². The third-order valence-electron chi connectivity index (χ3n) is 2.33. The van der Waals surface area contributed by atoms with Gasteiger partial charge in [0.2, 0.25) is 0 Å². The number of aryl methyl sites for hydroxylation is 1. The third-order valence-corrected chi connectivity index (χ3v) is 3.26. The molecule has 17 heavy (non-hydrogen) atoms. The molecule has 0 atom stereocenters. The predicted molar refractivity (Wildman–Crippen MR) is 74.0 cm³/mol. The number of halogens is 2. The van der Waals surface area contributed by atoms with Crippen molar-refractivity contribution in [3.63, 3.8) is 0 Å². The Balaban J connectivity index is 2.59. The first-order chi connectivity index (χ1) is 8.10. The standard InChI is InChI=1S/C12H11BrClN3/c1-2-8-6-11(15)17-12(16-8)9-5-7(14)3-4-10(9)13/h3-6H,2H2,1H3,(H2,15,16,17). The van der Waals surface area contributed by atoms with E-state index in [1.165, 1.54) is 0 Å². The summed E-state index contributed by atoms with van der Waals surface area (Å²) in [4.78, 5) is 8.68. The fourth-order valence-corrected chi connectivity index (χ4v) is 2.09. The van der Waals surface area contributed by atoms with Crippen LogP contribution in [-0.4, -0.2) is 9.97 Å². The Labute approximate surface area is 113 Å². The van der Waals surface area contributed by atoms with Crippen LogP contribution >= 0.6 is 27.5 Å². The zero-order chi connectivity index (χ0) is 12.4. The highest BCUT2D eigenvalue weighted by atomic mass is 79.9. The summed E-state index contributed by atoms with van der Waals surface area (Å²) in [6, 6.07) is 7.28. The molecule has 88 valence electrons. The molecule has 3 nitrogen and oxygen atoms in total. The van der Waals surface area contributed by atoms with Gasteiger partial charge in [0.05, 0.1) is 0 Å². The highest BCUT2D eigenvalue weighted by molar-refractivity contribution is 9.10. The van der Waals surface area contributed by atoms with Gasteiger partial charge in [-0.1, -0.05) is 34.5 Å². The largest absolute Gasteiger partial charge is 0.384 e. The van der Waals surface area contributed by atoms with E-state index in [1.54, 1.807) is 6.07 Å². The minimum Gasteiger partial charge on any atom is -0.384 e. The molecule has 2 aromatic rings. The van der Waals surface area contributed by atoms with E-state index < -0.39 is 0 Å². The first kappa shape index (κ1) is 12.3. The molecule has 1 heterocycles. The van der Waals surface area contributed by atoms with Crippen LogP contribution in [0.25, 0.3) is 11.4 Å². The Bertz CT molecular complexity index is 557. The molecule has 0 aliphatic carbocycles. The number of aromatic nitrogens is 2. The van der Waals surface area contributed by atoms with E-state index in [9.17, 15) is 0 Å². The third kappa shape index (κ3) is 2.76. The maximum absolute atomic E-state index is 5.97. The van der Waals surface area contributed by atoms with Crippen LogP contribution < -0.4 is 5.73 Å². The summed E-state index contributed by atoms with van der Waals surface area (Å²) >= 11 is 9.43. The van der Waals surface area contributed by atoms with E-state index in [2.05, 4.69) is 25.9 Å². The number of nitrogens with two attached hydrogens (primary N) is 1. The van der Waals surface area contributed by atoms with Gasteiger partial charge in [-0.25, -0.2) is 9.97 Å². The molecule has 0 saturated carbocycles. The Morgan fingerprint density at radius 1 is 1.29 bits per heavy atom. The van der Waals surface area contributed by atoms with Crippen molar-refractivity contribution in [2.24, 2.45) is 0 Å². The van der Waals surface area contributed by atoms with Crippen molar-refractivity contribution in [3.05, 3.63) is 39.5 Å². The van der Waals surface area contributed by atoms with Gasteiger partial charge in [-0.2, -0.15) is 0 Å². The van der Waals surface area contributed by atoms with Gasteiger partial charge in [-0.15, -0.1) is 0 Å². The van der Waals surface area contributed by atoms with Crippen LogP contribution in [0.1, 0.15) is 12.6 Å². The molecule has 2 rings (SSSR count). The summed E-state index contributed by atoms with van der Waals surface area (Å²) in [5.41, 5.74) is 7.52. The molecule has 2 N–H and O–H groups in total. The van der Waals surface area contributed by atoms with Crippen LogP contribution in [0.3, 0.4) is 0 Å². The molecule has 0 bridgehead atoms. The molecule has 0 radical (unpaired) electrons. The summed E-state index contributed by atoms with van der Waals surface area (Å²) in [6.07, 6.45) is 0.817. The van der Waals surface area contributed by atoms with Gasteiger partial charge in [-0.05, 0) is 24.6 Å². The zero-order valence-corrected chi connectivity index (χ0v) is 11.6. The van der Waals surface area contributed by atoms with E-state index in [0.717, 1.165) is 22.2 Å². The van der Waals surface area contributed by atoms with Gasteiger partial charge >= 0.3 is 0 Å². The van der Waals surface area contributed by atoms with E-state index in [4.69, 9.17) is 17.3 Å². The Kier molecular flexibility index (Phi) is 3.64. The van der Waals surface area contributed by atoms with Crippen LogP contribution in [0.4, 0.5) is 5.82 Å². The molecule has 1 aromatic heterocycles. The lowest BCUT2D eigenvalue weighted by molar-refractivity contribution is 1.01. The van der Waals surface area contributed by atoms with E-state index >= 15 is 0 Å². The second kappa shape index (κ2) is 5.02. The highest BCUT2D eigenvalue weighted by Crippen LogP contribution is 2.29.